The number of carbonyl (C=O) groups excluding carboxylic acids is 5. The summed E-state index contributed by atoms with van der Waals surface area (Å²) < 4.78 is 52.0. The maximum atomic E-state index is 14.1. The van der Waals surface area contributed by atoms with Gasteiger partial charge in [-0.25, -0.2) is 13.2 Å². The number of esters is 1. The van der Waals surface area contributed by atoms with Gasteiger partial charge in [0.1, 0.15) is 24.5 Å². The van der Waals surface area contributed by atoms with Gasteiger partial charge in [-0.15, -0.1) is 0 Å². The number of hydrogen-bond donors (Lipinski definition) is 4. The Bertz CT molecular complexity index is 2630. The number of anilines is 1. The van der Waals surface area contributed by atoms with Crippen LogP contribution >= 0.6 is 0 Å². The minimum absolute atomic E-state index is 0.0177. The summed E-state index contributed by atoms with van der Waals surface area (Å²) in [5, 5.41) is 17.3. The van der Waals surface area contributed by atoms with Crippen LogP contribution in [0.3, 0.4) is 0 Å². The summed E-state index contributed by atoms with van der Waals surface area (Å²) in [6.45, 7) is 9.48. The maximum Gasteiger partial charge on any atom is 0.329 e. The normalized spacial score (nSPS) is 15.1. The Balaban J connectivity index is 1.18. The van der Waals surface area contributed by atoms with Crippen molar-refractivity contribution in [3.63, 3.8) is 0 Å². The number of piperidine rings is 1. The van der Waals surface area contributed by atoms with Gasteiger partial charge in [0, 0.05) is 43.6 Å². The molecule has 0 saturated carbocycles. The minimum Gasteiger partial charge on any atom is -0.493 e. The molecule has 17 nitrogen and oxygen atoms in total. The van der Waals surface area contributed by atoms with Crippen LogP contribution in [-0.4, -0.2) is 117 Å². The fourth-order valence-corrected chi connectivity index (χ4v) is 10.4. The number of sulfonamides is 1. The van der Waals surface area contributed by atoms with Crippen LogP contribution in [0.2, 0.25) is 0 Å². The molecule has 75 heavy (non-hydrogen) atoms. The molecule has 4 atom stereocenters. The molecule has 1 aliphatic rings. The quantitative estimate of drug-likeness (QED) is 0.0186. The van der Waals surface area contributed by atoms with Crippen LogP contribution in [0.15, 0.2) is 102 Å². The zero-order valence-corrected chi connectivity index (χ0v) is 45.4. The monoisotopic (exact) mass is 1060 g/mol. The number of aliphatic hydroxyl groups excluding tert-OH is 1. The second kappa shape index (κ2) is 28.4. The number of aryl methyl sites for hydroxylation is 1. The molecule has 1 heterocycles. The van der Waals surface area contributed by atoms with Crippen LogP contribution in [0, 0.1) is 11.3 Å². The van der Waals surface area contributed by atoms with Crippen molar-refractivity contribution in [2.24, 2.45) is 11.3 Å². The summed E-state index contributed by atoms with van der Waals surface area (Å²) >= 11 is 0. The lowest BCUT2D eigenvalue weighted by Gasteiger charge is -2.36. The third kappa shape index (κ3) is 17.5. The summed E-state index contributed by atoms with van der Waals surface area (Å²) in [7, 11) is -0.904. The molecule has 1 fully saturated rings. The number of nitrogens with two attached hydrogens (primary N) is 1. The highest BCUT2D eigenvalue weighted by atomic mass is 32.2. The van der Waals surface area contributed by atoms with E-state index in [9.17, 15) is 37.5 Å². The smallest absolute Gasteiger partial charge is 0.329 e. The lowest BCUT2D eigenvalue weighted by Crippen LogP contribution is -2.53. The van der Waals surface area contributed by atoms with Gasteiger partial charge in [0.05, 0.1) is 37.8 Å². The van der Waals surface area contributed by atoms with Crippen molar-refractivity contribution >= 4 is 45.2 Å². The third-order valence-corrected chi connectivity index (χ3v) is 15.3. The van der Waals surface area contributed by atoms with Crippen LogP contribution < -0.4 is 30.6 Å². The van der Waals surface area contributed by atoms with Gasteiger partial charge in [-0.2, -0.15) is 4.31 Å². The lowest BCUT2D eigenvalue weighted by atomic mass is 9.84. The van der Waals surface area contributed by atoms with Gasteiger partial charge in [0.2, 0.25) is 27.6 Å². The molecule has 0 aromatic heterocycles. The van der Waals surface area contributed by atoms with Gasteiger partial charge in [0.25, 0.3) is 5.91 Å². The number of benzene rings is 4. The standard InChI is InChI=1S/C57H77N5O12S/c1-8-57(4,5)54(66)55(67)62-32-13-12-20-47(62)56(68)74-49(29-23-41-24-30-50(71-6)51(35-41)72-7)42-18-14-19-44(36-42)73-33-31-59-52(64)21-15-22-53(65)60-46(34-40-16-10-9-11-17-40)48(63)38-61(37-39(2)3)75(69,70)45-27-25-43(58)26-28-45/h9-11,14,16-19,24-28,30,35-36,39,46-49,63H,8,12-13,15,20-23,29,31-34,37-38,58H2,1-7H3,(H,59,64)(H,60,65)/t46-,47-,48+,49+/m0/s1. The van der Waals surface area contributed by atoms with Crippen molar-refractivity contribution in [2.75, 3.05) is 52.7 Å². The van der Waals surface area contributed by atoms with Crippen LogP contribution in [0.5, 0.6) is 17.2 Å². The summed E-state index contributed by atoms with van der Waals surface area (Å²) in [5.41, 5.74) is 7.75. The molecule has 1 aliphatic heterocycles. The first-order valence-electron chi connectivity index (χ1n) is 25.9. The molecule has 4 aromatic carbocycles. The number of methoxy groups -OCH3 is 2. The van der Waals surface area contributed by atoms with E-state index in [-0.39, 0.29) is 75.2 Å². The van der Waals surface area contributed by atoms with E-state index in [1.165, 1.54) is 33.5 Å². The Morgan fingerprint density at radius 2 is 1.56 bits per heavy atom. The molecule has 1 saturated heterocycles. The second-order valence-corrected chi connectivity index (χ2v) is 22.0. The molecule has 0 spiro atoms. The number of rotatable bonds is 29. The Hall–Kier alpha value is -6.50. The Morgan fingerprint density at radius 3 is 2.24 bits per heavy atom. The predicted octanol–water partition coefficient (Wildman–Crippen LogP) is 6.99. The molecule has 4 aromatic rings. The van der Waals surface area contributed by atoms with Crippen LogP contribution in [-0.2, 0) is 51.6 Å². The highest BCUT2D eigenvalue weighted by Gasteiger charge is 2.41. The van der Waals surface area contributed by atoms with E-state index in [0.717, 1.165) is 11.1 Å². The first-order valence-corrected chi connectivity index (χ1v) is 27.3. The SMILES string of the molecule is CCC(C)(C)C(=O)C(=O)N1CCCC[C@H]1C(=O)O[C@H](CCc1ccc(OC)c(OC)c1)c1cccc(OCCNC(=O)CCCC(=O)N[C@@H](Cc2ccccc2)[C@H](O)CN(CC(C)C)S(=O)(=O)c2ccc(N)cc2)c1. The topological polar surface area (TPSA) is 233 Å². The molecule has 3 amide bonds. The Labute approximate surface area is 442 Å². The molecular weight excluding hydrogens is 979 g/mol. The molecule has 0 radical (unpaired) electrons. The van der Waals surface area contributed by atoms with Crippen molar-refractivity contribution in [3.05, 3.63) is 114 Å². The molecule has 408 valence electrons. The predicted molar refractivity (Wildman–Crippen MR) is 286 cm³/mol. The van der Waals surface area contributed by atoms with Crippen LogP contribution in [0.4, 0.5) is 5.69 Å². The molecule has 5 N–H and O–H groups in total. The molecule has 0 bridgehead atoms. The van der Waals surface area contributed by atoms with Crippen molar-refractivity contribution in [3.8, 4) is 17.2 Å². The number of nitrogen functional groups attached to an aromatic ring is 1. The van der Waals surface area contributed by atoms with E-state index in [2.05, 4.69) is 10.6 Å². The van der Waals surface area contributed by atoms with Crippen molar-refractivity contribution in [1.29, 1.82) is 0 Å². The largest absolute Gasteiger partial charge is 0.493 e. The number of ether oxygens (including phenoxy) is 4. The van der Waals surface area contributed by atoms with E-state index in [0.29, 0.717) is 67.0 Å². The van der Waals surface area contributed by atoms with Gasteiger partial charge in [0.15, 0.2) is 11.5 Å². The maximum absolute atomic E-state index is 14.1. The molecule has 0 unspecified atom stereocenters. The summed E-state index contributed by atoms with van der Waals surface area (Å²) in [5.74, 6) is -0.953. The number of Topliss-reactive ketones (excluding diaryl/α,β-unsaturated/α-hetero) is 1. The second-order valence-electron chi connectivity index (χ2n) is 20.1. The first-order chi connectivity index (χ1) is 35.8. The number of likely N-dealkylation sites (tertiary alicyclic amines) is 1. The minimum atomic E-state index is -4.02. The number of hydrogen-bond acceptors (Lipinski definition) is 13. The van der Waals surface area contributed by atoms with Crippen molar-refractivity contribution < 1.29 is 56.4 Å². The highest BCUT2D eigenvalue weighted by molar-refractivity contribution is 7.89. The van der Waals surface area contributed by atoms with Crippen LogP contribution in [0.1, 0.15) is 109 Å². The fraction of sp³-hybridized carbons (Fsp3) is 0.491. The summed E-state index contributed by atoms with van der Waals surface area (Å²) in [6.07, 6.45) is 1.49. The number of nitrogens with zero attached hydrogens (tertiary/aromatic N) is 2. The average Bonchev–Trinajstić information content (AvgIpc) is 3.40. The van der Waals surface area contributed by atoms with Gasteiger partial charge >= 0.3 is 5.97 Å². The molecule has 5 rings (SSSR count). The number of amides is 3. The number of carbonyl (C=O) groups is 5. The number of aliphatic hydroxyl groups is 1. The average molecular weight is 1060 g/mol. The van der Waals surface area contributed by atoms with Crippen molar-refractivity contribution in [1.82, 2.24) is 19.8 Å². The van der Waals surface area contributed by atoms with Gasteiger partial charge < -0.3 is 45.3 Å². The van der Waals surface area contributed by atoms with Gasteiger partial charge in [-0.05, 0) is 123 Å². The zero-order valence-electron chi connectivity index (χ0n) is 44.5. The number of nitrogens with one attached hydrogen (secondary N) is 2. The molecular formula is C57H77N5O12S. The Kier molecular flexibility index (Phi) is 22.5. The van der Waals surface area contributed by atoms with E-state index >= 15 is 0 Å². The lowest BCUT2D eigenvalue weighted by molar-refractivity contribution is -0.164. The first kappa shape index (κ1) is 59.4. The molecule has 18 heteroatoms. The third-order valence-electron chi connectivity index (χ3n) is 13.4. The van der Waals surface area contributed by atoms with Gasteiger partial charge in [-0.1, -0.05) is 83.1 Å². The van der Waals surface area contributed by atoms with Gasteiger partial charge in [-0.3, -0.25) is 19.2 Å². The van der Waals surface area contributed by atoms with E-state index in [1.807, 2.05) is 75.4 Å². The van der Waals surface area contributed by atoms with E-state index < -0.39 is 63.3 Å². The Morgan fingerprint density at radius 1 is 0.853 bits per heavy atom. The van der Waals surface area contributed by atoms with E-state index in [4.69, 9.17) is 24.7 Å². The number of ketones is 1. The van der Waals surface area contributed by atoms with E-state index in [1.54, 1.807) is 46.3 Å². The zero-order chi connectivity index (χ0) is 54.7. The summed E-state index contributed by atoms with van der Waals surface area (Å²) in [6, 6.07) is 26.1. The molecule has 0 aliphatic carbocycles. The van der Waals surface area contributed by atoms with Crippen LogP contribution in [0.25, 0.3) is 0 Å². The highest BCUT2D eigenvalue weighted by Crippen LogP contribution is 2.33. The van der Waals surface area contributed by atoms with Crippen molar-refractivity contribution in [2.45, 2.75) is 128 Å². The summed E-state index contributed by atoms with van der Waals surface area (Å²) in [4.78, 5) is 68.7. The fourth-order valence-electron chi connectivity index (χ4n) is 8.74.